The molecule has 140 valence electrons. The molecule has 0 radical (unpaired) electrons. The van der Waals surface area contributed by atoms with Crippen molar-refractivity contribution in [1.29, 1.82) is 5.26 Å². The van der Waals surface area contributed by atoms with Gasteiger partial charge in [-0.2, -0.15) is 5.26 Å². The molecule has 0 aliphatic heterocycles. The molecule has 1 aromatic heterocycles. The van der Waals surface area contributed by atoms with Crippen molar-refractivity contribution in [3.05, 3.63) is 68.0 Å². The Morgan fingerprint density at radius 2 is 2.04 bits per heavy atom. The summed E-state index contributed by atoms with van der Waals surface area (Å²) in [4.78, 5) is 14.8. The summed E-state index contributed by atoms with van der Waals surface area (Å²) < 4.78 is 4.93. The largest absolute Gasteiger partial charge is 0.865 e. The van der Waals surface area contributed by atoms with Crippen LogP contribution in [-0.2, 0) is 0 Å². The number of thiazole rings is 1. The molecule has 3 rings (SSSR count). The van der Waals surface area contributed by atoms with Gasteiger partial charge in [0.25, 0.3) is 5.69 Å². The minimum atomic E-state index is -0.806. The van der Waals surface area contributed by atoms with Gasteiger partial charge in [0, 0.05) is 22.8 Å². The van der Waals surface area contributed by atoms with Gasteiger partial charge in [-0.3, -0.25) is 10.1 Å². The van der Waals surface area contributed by atoms with E-state index in [1.54, 1.807) is 0 Å². The van der Waals surface area contributed by atoms with Crippen molar-refractivity contribution in [2.24, 2.45) is 0 Å². The third kappa shape index (κ3) is 3.84. The maximum Gasteiger partial charge on any atom is 0.266 e. The van der Waals surface area contributed by atoms with Gasteiger partial charge in [-0.1, -0.05) is 29.8 Å². The molecule has 0 amide bonds. The Morgan fingerprint density at radius 1 is 1.32 bits per heavy atom. The van der Waals surface area contributed by atoms with Crippen molar-refractivity contribution in [2.45, 2.75) is 6.92 Å². The molecule has 0 aliphatic carbocycles. The lowest BCUT2D eigenvalue weighted by atomic mass is 10.1. The standard InChI is InChI=1S/C20H15N3O4S/c1-12-3-5-14(6-4-12)16-11-28-20(22-16)15(10-21)7-13-8-17(23(25)26)19(24)18(9-13)27-2/h3-9,11,24H,1-2H3/p-1/b15-7+. The Labute approximate surface area is 164 Å². The van der Waals surface area contributed by atoms with Crippen LogP contribution in [0.5, 0.6) is 11.5 Å². The number of allylic oxidation sites excluding steroid dienone is 1. The summed E-state index contributed by atoms with van der Waals surface area (Å²) in [6, 6.07) is 12.4. The molecule has 28 heavy (non-hydrogen) atoms. The van der Waals surface area contributed by atoms with Crippen LogP contribution in [0, 0.1) is 28.4 Å². The van der Waals surface area contributed by atoms with Gasteiger partial charge >= 0.3 is 0 Å². The van der Waals surface area contributed by atoms with E-state index in [0.717, 1.165) is 22.9 Å². The number of nitriles is 1. The minimum absolute atomic E-state index is 0.155. The Balaban J connectivity index is 2.02. The molecule has 0 saturated carbocycles. The number of aromatic nitrogens is 1. The summed E-state index contributed by atoms with van der Waals surface area (Å²) in [5.74, 6) is -0.962. The van der Waals surface area contributed by atoms with Crippen LogP contribution >= 0.6 is 11.3 Å². The summed E-state index contributed by atoms with van der Waals surface area (Å²) in [5, 5.41) is 34.9. The van der Waals surface area contributed by atoms with E-state index in [1.807, 2.05) is 36.6 Å². The van der Waals surface area contributed by atoms with Gasteiger partial charge in [0.2, 0.25) is 0 Å². The highest BCUT2D eigenvalue weighted by atomic mass is 32.1. The number of nitrogens with zero attached hydrogens (tertiary/aromatic N) is 3. The van der Waals surface area contributed by atoms with Crippen molar-refractivity contribution in [1.82, 2.24) is 4.98 Å². The van der Waals surface area contributed by atoms with E-state index in [-0.39, 0.29) is 11.3 Å². The number of hydrogen-bond acceptors (Lipinski definition) is 7. The van der Waals surface area contributed by atoms with Crippen LogP contribution in [0.1, 0.15) is 16.1 Å². The van der Waals surface area contributed by atoms with Crippen molar-refractivity contribution in [2.75, 3.05) is 7.11 Å². The number of methoxy groups -OCH3 is 1. The molecule has 0 atom stereocenters. The Bertz CT molecular complexity index is 1110. The Kier molecular flexibility index (Phi) is 5.38. The normalized spacial score (nSPS) is 11.1. The summed E-state index contributed by atoms with van der Waals surface area (Å²) >= 11 is 1.30. The molecular weight excluding hydrogens is 378 g/mol. The topological polar surface area (TPSA) is 112 Å². The van der Waals surface area contributed by atoms with Crippen LogP contribution in [0.4, 0.5) is 5.69 Å². The molecule has 1 heterocycles. The highest BCUT2D eigenvalue weighted by Gasteiger charge is 2.15. The second-order valence-corrected chi connectivity index (χ2v) is 6.76. The minimum Gasteiger partial charge on any atom is -0.865 e. The zero-order valence-electron chi connectivity index (χ0n) is 15.0. The number of nitro groups is 1. The molecular formula is C20H14N3O4S-. The predicted molar refractivity (Wildman–Crippen MR) is 105 cm³/mol. The number of aryl methyl sites for hydroxylation is 1. The fraction of sp³-hybridized carbons (Fsp3) is 0.100. The van der Waals surface area contributed by atoms with Crippen LogP contribution in [0.3, 0.4) is 0 Å². The Hall–Kier alpha value is -3.70. The smallest absolute Gasteiger partial charge is 0.266 e. The highest BCUT2D eigenvalue weighted by molar-refractivity contribution is 7.11. The van der Waals surface area contributed by atoms with Crippen molar-refractivity contribution >= 4 is 28.7 Å². The van der Waals surface area contributed by atoms with Crippen molar-refractivity contribution in [3.8, 4) is 28.8 Å². The summed E-state index contributed by atoms with van der Waals surface area (Å²) in [5.41, 5.74) is 2.74. The van der Waals surface area contributed by atoms with Crippen molar-refractivity contribution < 1.29 is 14.8 Å². The second-order valence-electron chi connectivity index (χ2n) is 5.90. The van der Waals surface area contributed by atoms with Crippen LogP contribution in [0.2, 0.25) is 0 Å². The molecule has 0 bridgehead atoms. The van der Waals surface area contributed by atoms with Gasteiger partial charge in [0.1, 0.15) is 16.8 Å². The van der Waals surface area contributed by atoms with E-state index in [0.29, 0.717) is 10.6 Å². The predicted octanol–water partition coefficient (Wildman–Crippen LogP) is 4.17. The number of nitro benzene ring substituents is 1. The van der Waals surface area contributed by atoms with Crippen molar-refractivity contribution in [3.63, 3.8) is 0 Å². The van der Waals surface area contributed by atoms with E-state index in [4.69, 9.17) is 4.74 Å². The zero-order chi connectivity index (χ0) is 20.3. The van der Waals surface area contributed by atoms with E-state index in [1.165, 1.54) is 30.6 Å². The van der Waals surface area contributed by atoms with E-state index in [9.17, 15) is 20.5 Å². The molecule has 0 unspecified atom stereocenters. The molecule has 0 aliphatic rings. The van der Waals surface area contributed by atoms with Crippen LogP contribution in [0.25, 0.3) is 22.9 Å². The molecule has 0 spiro atoms. The molecule has 3 aromatic rings. The average Bonchev–Trinajstić information content (AvgIpc) is 3.17. The number of ether oxygens (including phenoxy) is 1. The number of benzene rings is 2. The van der Waals surface area contributed by atoms with Crippen LogP contribution in [-0.4, -0.2) is 17.0 Å². The molecule has 0 saturated heterocycles. The van der Waals surface area contributed by atoms with Crippen LogP contribution in [0.15, 0.2) is 41.8 Å². The molecule has 8 heteroatoms. The van der Waals surface area contributed by atoms with E-state index < -0.39 is 16.4 Å². The third-order valence-corrected chi connectivity index (χ3v) is 4.86. The maximum atomic E-state index is 11.9. The first-order valence-corrected chi connectivity index (χ1v) is 8.99. The van der Waals surface area contributed by atoms with Gasteiger partial charge in [-0.05, 0) is 24.6 Å². The quantitative estimate of drug-likeness (QED) is 0.366. The monoisotopic (exact) mass is 392 g/mol. The van der Waals surface area contributed by atoms with Gasteiger partial charge in [0.15, 0.2) is 0 Å². The van der Waals surface area contributed by atoms with Gasteiger partial charge in [-0.15, -0.1) is 11.3 Å². The lowest BCUT2D eigenvalue weighted by Crippen LogP contribution is -2.01. The summed E-state index contributed by atoms with van der Waals surface area (Å²) in [7, 11) is 1.26. The summed E-state index contributed by atoms with van der Waals surface area (Å²) in [6.07, 6.45) is 1.45. The number of rotatable bonds is 5. The fourth-order valence-electron chi connectivity index (χ4n) is 2.54. The first kappa shape index (κ1) is 19.1. The first-order chi connectivity index (χ1) is 13.4. The SMILES string of the molecule is COc1cc(/C=C(\C#N)c2nc(-c3ccc(C)cc3)cs2)cc([N+](=O)[O-])c1[O-]. The summed E-state index contributed by atoms with van der Waals surface area (Å²) in [6.45, 7) is 1.99. The molecule has 2 aromatic carbocycles. The molecule has 0 fully saturated rings. The third-order valence-electron chi connectivity index (χ3n) is 3.99. The van der Waals surface area contributed by atoms with Gasteiger partial charge in [-0.25, -0.2) is 4.98 Å². The lowest BCUT2D eigenvalue weighted by Gasteiger charge is -2.13. The second kappa shape index (κ2) is 7.90. The van der Waals surface area contributed by atoms with E-state index >= 15 is 0 Å². The Morgan fingerprint density at radius 3 is 2.64 bits per heavy atom. The zero-order valence-corrected chi connectivity index (χ0v) is 15.8. The fourth-order valence-corrected chi connectivity index (χ4v) is 3.34. The number of hydrogen-bond donors (Lipinski definition) is 0. The van der Waals surface area contributed by atoms with E-state index in [2.05, 4.69) is 11.1 Å². The maximum absolute atomic E-state index is 11.9. The van der Waals surface area contributed by atoms with Gasteiger partial charge in [0.05, 0.1) is 23.3 Å². The van der Waals surface area contributed by atoms with Gasteiger partial charge < -0.3 is 9.84 Å². The first-order valence-electron chi connectivity index (χ1n) is 8.11. The molecule has 0 N–H and O–H groups in total. The molecule has 7 nitrogen and oxygen atoms in total. The highest BCUT2D eigenvalue weighted by Crippen LogP contribution is 2.36. The average molecular weight is 392 g/mol. The van der Waals surface area contributed by atoms with Crippen LogP contribution < -0.4 is 9.84 Å². The lowest BCUT2D eigenvalue weighted by molar-refractivity contribution is -0.398.